The highest BCUT2D eigenvalue weighted by atomic mass is 19.1. The fourth-order valence-electron chi connectivity index (χ4n) is 3.48. The van der Waals surface area contributed by atoms with Crippen LogP contribution in [0.5, 0.6) is 0 Å². The van der Waals surface area contributed by atoms with Crippen LogP contribution in [0.2, 0.25) is 0 Å². The molecule has 0 atom stereocenters. The van der Waals surface area contributed by atoms with E-state index in [0.717, 1.165) is 37.3 Å². The third-order valence-corrected chi connectivity index (χ3v) is 5.04. The number of nitrogens with one attached hydrogen (secondary N) is 1. The van der Waals surface area contributed by atoms with E-state index in [0.29, 0.717) is 25.3 Å². The van der Waals surface area contributed by atoms with Gasteiger partial charge in [0.25, 0.3) is 5.91 Å². The van der Waals surface area contributed by atoms with Crippen LogP contribution >= 0.6 is 0 Å². The Hall–Kier alpha value is -2.51. The van der Waals surface area contributed by atoms with E-state index in [1.54, 1.807) is 30.5 Å². The largest absolute Gasteiger partial charge is 0.356 e. The molecule has 2 saturated heterocycles. The van der Waals surface area contributed by atoms with Gasteiger partial charge in [0.1, 0.15) is 11.6 Å². The second kappa shape index (κ2) is 7.62. The monoisotopic (exact) mass is 371 g/mol. The van der Waals surface area contributed by atoms with Gasteiger partial charge in [-0.05, 0) is 29.8 Å². The van der Waals surface area contributed by atoms with Crippen molar-refractivity contribution < 1.29 is 18.7 Å². The average molecular weight is 371 g/mol. The van der Waals surface area contributed by atoms with E-state index >= 15 is 0 Å². The molecule has 1 spiro atoms. The lowest BCUT2D eigenvalue weighted by Gasteiger charge is -2.38. The first kappa shape index (κ1) is 17.9. The maximum Gasteiger partial charge on any atom is 0.251 e. The summed E-state index contributed by atoms with van der Waals surface area (Å²) in [4.78, 5) is 19.0. The Balaban J connectivity index is 1.37. The molecule has 0 radical (unpaired) electrons. The molecule has 27 heavy (non-hydrogen) atoms. The van der Waals surface area contributed by atoms with Gasteiger partial charge in [-0.2, -0.15) is 0 Å². The molecule has 0 aliphatic carbocycles. The number of halogens is 1. The van der Waals surface area contributed by atoms with E-state index in [2.05, 4.69) is 15.2 Å². The van der Waals surface area contributed by atoms with Gasteiger partial charge in [-0.25, -0.2) is 9.37 Å². The summed E-state index contributed by atoms with van der Waals surface area (Å²) in [6.07, 6.45) is 3.22. The van der Waals surface area contributed by atoms with Crippen molar-refractivity contribution in [2.24, 2.45) is 0 Å². The molecular weight excluding hydrogens is 349 g/mol. The zero-order valence-corrected chi connectivity index (χ0v) is 15.0. The standard InChI is InChI=1S/C20H22FN3O3/c21-17-3-1-15(2-4-17)14-23-19(25)16-5-8-22-18(13-16)24-9-6-20(7-10-24)26-11-12-27-20/h1-5,8,13H,6-7,9-12,14H2,(H,23,25). The maximum absolute atomic E-state index is 13.0. The normalized spacial score (nSPS) is 18.6. The summed E-state index contributed by atoms with van der Waals surface area (Å²) in [7, 11) is 0. The summed E-state index contributed by atoms with van der Waals surface area (Å²) in [6.45, 7) is 3.20. The second-order valence-corrected chi connectivity index (χ2v) is 6.81. The van der Waals surface area contributed by atoms with Crippen molar-refractivity contribution in [3.05, 3.63) is 59.5 Å². The van der Waals surface area contributed by atoms with Crippen LogP contribution in [0.15, 0.2) is 42.6 Å². The highest BCUT2D eigenvalue weighted by Crippen LogP contribution is 2.32. The molecule has 1 amide bonds. The molecule has 4 rings (SSSR count). The Morgan fingerprint density at radius 3 is 2.56 bits per heavy atom. The Bertz CT molecular complexity index is 796. The third kappa shape index (κ3) is 4.09. The molecule has 1 aromatic heterocycles. The lowest BCUT2D eigenvalue weighted by molar-refractivity contribution is -0.169. The highest BCUT2D eigenvalue weighted by Gasteiger charge is 2.40. The lowest BCUT2D eigenvalue weighted by Crippen LogP contribution is -2.45. The first-order valence-electron chi connectivity index (χ1n) is 9.15. The van der Waals surface area contributed by atoms with Gasteiger partial charge >= 0.3 is 0 Å². The molecule has 0 saturated carbocycles. The number of rotatable bonds is 4. The molecule has 0 unspecified atom stereocenters. The second-order valence-electron chi connectivity index (χ2n) is 6.81. The van der Waals surface area contributed by atoms with Gasteiger partial charge in [0.15, 0.2) is 5.79 Å². The van der Waals surface area contributed by atoms with E-state index in [9.17, 15) is 9.18 Å². The van der Waals surface area contributed by atoms with E-state index in [4.69, 9.17) is 9.47 Å². The van der Waals surface area contributed by atoms with Crippen molar-refractivity contribution >= 4 is 11.7 Å². The fraction of sp³-hybridized carbons (Fsp3) is 0.400. The first-order valence-corrected chi connectivity index (χ1v) is 9.15. The number of hydrogen-bond donors (Lipinski definition) is 1. The molecule has 1 aromatic carbocycles. The number of ether oxygens (including phenoxy) is 2. The quantitative estimate of drug-likeness (QED) is 0.895. The summed E-state index contributed by atoms with van der Waals surface area (Å²) in [5, 5.41) is 2.86. The number of amides is 1. The summed E-state index contributed by atoms with van der Waals surface area (Å²) in [5.41, 5.74) is 1.40. The molecule has 0 bridgehead atoms. The minimum atomic E-state index is -0.430. The summed E-state index contributed by atoms with van der Waals surface area (Å²) >= 11 is 0. The zero-order valence-electron chi connectivity index (χ0n) is 15.0. The third-order valence-electron chi connectivity index (χ3n) is 5.04. The summed E-state index contributed by atoms with van der Waals surface area (Å²) < 4.78 is 24.5. The predicted molar refractivity (Wildman–Crippen MR) is 97.9 cm³/mol. The molecular formula is C20H22FN3O3. The highest BCUT2D eigenvalue weighted by molar-refractivity contribution is 5.94. The van der Waals surface area contributed by atoms with Gasteiger partial charge in [0.2, 0.25) is 0 Å². The van der Waals surface area contributed by atoms with Crippen LogP contribution < -0.4 is 10.2 Å². The topological polar surface area (TPSA) is 63.7 Å². The number of benzene rings is 1. The number of carbonyl (C=O) groups is 1. The molecule has 2 fully saturated rings. The zero-order chi connectivity index (χ0) is 18.7. The summed E-state index contributed by atoms with van der Waals surface area (Å²) in [5.74, 6) is -0.127. The van der Waals surface area contributed by atoms with Crippen LogP contribution in [0.25, 0.3) is 0 Å². The van der Waals surface area contributed by atoms with E-state index in [-0.39, 0.29) is 11.7 Å². The fourth-order valence-corrected chi connectivity index (χ4v) is 3.48. The Labute approximate surface area is 157 Å². The van der Waals surface area contributed by atoms with Gasteiger partial charge in [-0.3, -0.25) is 4.79 Å². The van der Waals surface area contributed by atoms with E-state index in [1.165, 1.54) is 12.1 Å². The number of nitrogens with zero attached hydrogens (tertiary/aromatic N) is 2. The number of carbonyl (C=O) groups excluding carboxylic acids is 1. The summed E-state index contributed by atoms with van der Waals surface area (Å²) in [6, 6.07) is 9.57. The Morgan fingerprint density at radius 2 is 1.85 bits per heavy atom. The van der Waals surface area contributed by atoms with Gasteiger partial charge in [-0.1, -0.05) is 12.1 Å². The molecule has 2 aliphatic heterocycles. The van der Waals surface area contributed by atoms with Crippen molar-refractivity contribution in [1.29, 1.82) is 0 Å². The van der Waals surface area contributed by atoms with Crippen LogP contribution in [-0.2, 0) is 16.0 Å². The molecule has 2 aliphatic rings. The van der Waals surface area contributed by atoms with Crippen LogP contribution in [0.4, 0.5) is 10.2 Å². The first-order chi connectivity index (χ1) is 13.1. The van der Waals surface area contributed by atoms with Crippen molar-refractivity contribution in [3.63, 3.8) is 0 Å². The number of aromatic nitrogens is 1. The molecule has 1 N–H and O–H groups in total. The smallest absolute Gasteiger partial charge is 0.251 e. The van der Waals surface area contributed by atoms with Gasteiger partial charge in [0.05, 0.1) is 13.2 Å². The minimum absolute atomic E-state index is 0.182. The Morgan fingerprint density at radius 1 is 1.15 bits per heavy atom. The number of hydrogen-bond acceptors (Lipinski definition) is 5. The predicted octanol–water partition coefficient (Wildman–Crippen LogP) is 2.49. The molecule has 2 aromatic rings. The molecule has 6 nitrogen and oxygen atoms in total. The molecule has 7 heteroatoms. The van der Waals surface area contributed by atoms with Gasteiger partial charge in [-0.15, -0.1) is 0 Å². The van der Waals surface area contributed by atoms with Gasteiger partial charge < -0.3 is 19.7 Å². The lowest BCUT2D eigenvalue weighted by atomic mass is 10.0. The number of pyridine rings is 1. The van der Waals surface area contributed by atoms with Gasteiger partial charge in [0, 0.05) is 44.2 Å². The van der Waals surface area contributed by atoms with Crippen molar-refractivity contribution in [3.8, 4) is 0 Å². The van der Waals surface area contributed by atoms with Crippen LogP contribution in [0, 0.1) is 5.82 Å². The van der Waals surface area contributed by atoms with Crippen molar-refractivity contribution in [2.45, 2.75) is 25.2 Å². The molecule has 3 heterocycles. The SMILES string of the molecule is O=C(NCc1ccc(F)cc1)c1ccnc(N2CCC3(CC2)OCCO3)c1. The van der Waals surface area contributed by atoms with Crippen molar-refractivity contribution in [2.75, 3.05) is 31.2 Å². The number of anilines is 1. The van der Waals surface area contributed by atoms with Crippen LogP contribution in [0.3, 0.4) is 0 Å². The Kier molecular flexibility index (Phi) is 5.05. The maximum atomic E-state index is 13.0. The minimum Gasteiger partial charge on any atom is -0.356 e. The van der Waals surface area contributed by atoms with Crippen LogP contribution in [-0.4, -0.2) is 43.0 Å². The van der Waals surface area contributed by atoms with Crippen LogP contribution in [0.1, 0.15) is 28.8 Å². The van der Waals surface area contributed by atoms with Crippen molar-refractivity contribution in [1.82, 2.24) is 10.3 Å². The van der Waals surface area contributed by atoms with E-state index in [1.807, 2.05) is 0 Å². The molecule has 142 valence electrons. The van der Waals surface area contributed by atoms with E-state index < -0.39 is 5.79 Å². The number of piperidine rings is 1. The average Bonchev–Trinajstić information content (AvgIpc) is 3.16.